The Balaban J connectivity index is 1.47. The fourth-order valence-electron chi connectivity index (χ4n) is 3.02. The van der Waals surface area contributed by atoms with E-state index in [-0.39, 0.29) is 22.9 Å². The maximum atomic E-state index is 13.3. The van der Waals surface area contributed by atoms with E-state index in [1.807, 2.05) is 0 Å². The number of nitrogens with zero attached hydrogens (tertiary/aromatic N) is 4. The Morgan fingerprint density at radius 1 is 1.26 bits per heavy atom. The van der Waals surface area contributed by atoms with E-state index in [1.165, 1.54) is 6.07 Å². The van der Waals surface area contributed by atoms with Crippen molar-refractivity contribution in [3.05, 3.63) is 53.7 Å². The van der Waals surface area contributed by atoms with Gasteiger partial charge in [-0.2, -0.15) is 4.39 Å². The fraction of sp³-hybridized carbons (Fsp3) is 0.222. The summed E-state index contributed by atoms with van der Waals surface area (Å²) in [6.45, 7) is 1.13. The van der Waals surface area contributed by atoms with Crippen LogP contribution in [0.5, 0.6) is 0 Å². The van der Waals surface area contributed by atoms with Crippen LogP contribution < -0.4 is 11.1 Å². The molecule has 3 N–H and O–H groups in total. The minimum atomic E-state index is -0.291. The molecule has 7 nitrogen and oxygen atoms in total. The van der Waals surface area contributed by atoms with Crippen LogP contribution in [0.2, 0.25) is 0 Å². The first-order valence-electron chi connectivity index (χ1n) is 8.45. The number of halogens is 1. The number of thiophene rings is 1. The number of urea groups is 1. The van der Waals surface area contributed by atoms with Crippen LogP contribution in [0.1, 0.15) is 18.2 Å². The van der Waals surface area contributed by atoms with Gasteiger partial charge in [0.2, 0.25) is 0 Å². The van der Waals surface area contributed by atoms with Crippen molar-refractivity contribution in [3.63, 3.8) is 0 Å². The molecule has 1 fully saturated rings. The van der Waals surface area contributed by atoms with E-state index in [9.17, 15) is 9.18 Å². The van der Waals surface area contributed by atoms with Crippen LogP contribution in [0.3, 0.4) is 0 Å². The topological polar surface area (TPSA) is 97.0 Å². The molecule has 2 amide bonds. The van der Waals surface area contributed by atoms with Crippen molar-refractivity contribution in [2.75, 3.05) is 24.1 Å². The number of likely N-dealkylation sites (tertiary alicyclic amines) is 1. The summed E-state index contributed by atoms with van der Waals surface area (Å²) in [6, 6.07) is 7.88. The second kappa shape index (κ2) is 7.28. The maximum absolute atomic E-state index is 13.3. The zero-order valence-electron chi connectivity index (χ0n) is 14.3. The molecule has 3 aromatic heterocycles. The monoisotopic (exact) mass is 384 g/mol. The summed E-state index contributed by atoms with van der Waals surface area (Å²) >= 11 is 0.991. The summed E-state index contributed by atoms with van der Waals surface area (Å²) in [5, 5.41) is 2.47. The first-order chi connectivity index (χ1) is 13.1. The lowest BCUT2D eigenvalue weighted by molar-refractivity contribution is 0.222. The molecule has 0 aromatic carbocycles. The lowest BCUT2D eigenvalue weighted by Crippen LogP contribution is -2.33. The van der Waals surface area contributed by atoms with Gasteiger partial charge in [0.05, 0.1) is 16.3 Å². The van der Waals surface area contributed by atoms with E-state index in [1.54, 1.807) is 41.6 Å². The highest BCUT2D eigenvalue weighted by Gasteiger charge is 2.29. The number of anilines is 2. The third-order valence-corrected chi connectivity index (χ3v) is 5.30. The van der Waals surface area contributed by atoms with Crippen LogP contribution in [-0.4, -0.2) is 39.0 Å². The first-order valence-corrected chi connectivity index (χ1v) is 9.27. The predicted octanol–water partition coefficient (Wildman–Crippen LogP) is 3.34. The van der Waals surface area contributed by atoms with Crippen molar-refractivity contribution in [2.45, 2.75) is 12.3 Å². The van der Waals surface area contributed by atoms with E-state index >= 15 is 0 Å². The molecule has 0 bridgehead atoms. The highest BCUT2D eigenvalue weighted by molar-refractivity contribution is 7.13. The number of rotatable bonds is 3. The van der Waals surface area contributed by atoms with Gasteiger partial charge in [0.1, 0.15) is 5.82 Å². The zero-order valence-corrected chi connectivity index (χ0v) is 15.1. The van der Waals surface area contributed by atoms with Crippen molar-refractivity contribution in [3.8, 4) is 10.6 Å². The molecule has 1 atom stereocenters. The number of carbonyl (C=O) groups is 1. The standard InChI is InChI=1S/C18H17FN6OS/c19-15-5-4-14(27-15)13-3-2-12(20)17(23-13)24-18(26)25-9-6-11(10-25)16-21-7-1-8-22-16/h1-5,7-8,11H,6,9-10,20H2,(H,23,24,26). The molecule has 1 aliphatic heterocycles. The van der Waals surface area contributed by atoms with Gasteiger partial charge in [-0.1, -0.05) is 0 Å². The van der Waals surface area contributed by atoms with Crippen molar-refractivity contribution < 1.29 is 9.18 Å². The minimum absolute atomic E-state index is 0.114. The van der Waals surface area contributed by atoms with Crippen LogP contribution in [-0.2, 0) is 0 Å². The highest BCUT2D eigenvalue weighted by atomic mass is 32.1. The molecule has 0 aliphatic carbocycles. The van der Waals surface area contributed by atoms with E-state index < -0.39 is 0 Å². The Kier molecular flexibility index (Phi) is 4.68. The van der Waals surface area contributed by atoms with Gasteiger partial charge in [0.15, 0.2) is 10.9 Å². The number of pyridine rings is 1. The molecule has 0 radical (unpaired) electrons. The Hall–Kier alpha value is -3.07. The number of aromatic nitrogens is 3. The van der Waals surface area contributed by atoms with E-state index in [2.05, 4.69) is 20.3 Å². The third-order valence-electron chi connectivity index (χ3n) is 4.40. The number of hydrogen-bond donors (Lipinski definition) is 2. The Morgan fingerprint density at radius 3 is 2.81 bits per heavy atom. The van der Waals surface area contributed by atoms with Crippen LogP contribution in [0.15, 0.2) is 42.7 Å². The van der Waals surface area contributed by atoms with E-state index in [4.69, 9.17) is 5.73 Å². The fourth-order valence-corrected chi connectivity index (χ4v) is 3.72. The number of carbonyl (C=O) groups excluding carboxylic acids is 1. The summed E-state index contributed by atoms with van der Waals surface area (Å²) in [7, 11) is 0. The highest BCUT2D eigenvalue weighted by Crippen LogP contribution is 2.29. The van der Waals surface area contributed by atoms with Gasteiger partial charge in [0, 0.05) is 31.4 Å². The van der Waals surface area contributed by atoms with Crippen molar-refractivity contribution in [1.82, 2.24) is 19.9 Å². The molecule has 1 aliphatic rings. The normalized spacial score (nSPS) is 16.5. The average Bonchev–Trinajstić information content (AvgIpc) is 3.34. The molecule has 0 spiro atoms. The zero-order chi connectivity index (χ0) is 18.8. The van der Waals surface area contributed by atoms with Crippen LogP contribution >= 0.6 is 11.3 Å². The molecule has 3 aromatic rings. The predicted molar refractivity (Wildman–Crippen MR) is 102 cm³/mol. The second-order valence-corrected chi connectivity index (χ2v) is 7.24. The molecule has 9 heteroatoms. The first kappa shape index (κ1) is 17.3. The van der Waals surface area contributed by atoms with Gasteiger partial charge in [-0.15, -0.1) is 11.3 Å². The van der Waals surface area contributed by atoms with Crippen LogP contribution in [0, 0.1) is 5.13 Å². The summed E-state index contributed by atoms with van der Waals surface area (Å²) in [6.07, 6.45) is 4.21. The number of nitrogen functional groups attached to an aromatic ring is 1. The molecule has 4 heterocycles. The lowest BCUT2D eigenvalue weighted by Gasteiger charge is -2.17. The number of nitrogens with one attached hydrogen (secondary N) is 1. The SMILES string of the molecule is Nc1ccc(-c2ccc(F)s2)nc1NC(=O)N1CCC(c2ncccn2)C1. The van der Waals surface area contributed by atoms with E-state index in [0.29, 0.717) is 29.3 Å². The molecular weight excluding hydrogens is 367 g/mol. The summed E-state index contributed by atoms with van der Waals surface area (Å²) in [5.41, 5.74) is 6.87. The molecule has 27 heavy (non-hydrogen) atoms. The maximum Gasteiger partial charge on any atom is 0.323 e. The number of amides is 2. The van der Waals surface area contributed by atoms with Crippen LogP contribution in [0.25, 0.3) is 10.6 Å². The molecule has 0 saturated carbocycles. The van der Waals surface area contributed by atoms with Gasteiger partial charge in [-0.3, -0.25) is 5.32 Å². The lowest BCUT2D eigenvalue weighted by atomic mass is 10.1. The van der Waals surface area contributed by atoms with Gasteiger partial charge >= 0.3 is 6.03 Å². The van der Waals surface area contributed by atoms with Gasteiger partial charge < -0.3 is 10.6 Å². The molecule has 4 rings (SSSR count). The molecular formula is C18H17FN6OS. The largest absolute Gasteiger partial charge is 0.396 e. The molecule has 138 valence electrons. The van der Waals surface area contributed by atoms with E-state index in [0.717, 1.165) is 23.6 Å². The van der Waals surface area contributed by atoms with Crippen molar-refractivity contribution in [1.29, 1.82) is 0 Å². The third kappa shape index (κ3) is 3.72. The van der Waals surface area contributed by atoms with Crippen LogP contribution in [0.4, 0.5) is 20.7 Å². The van der Waals surface area contributed by atoms with Crippen molar-refractivity contribution in [2.24, 2.45) is 0 Å². The Bertz CT molecular complexity index is 963. The molecule has 1 unspecified atom stereocenters. The average molecular weight is 384 g/mol. The summed E-state index contributed by atoms with van der Waals surface area (Å²) in [4.78, 5) is 27.9. The second-order valence-electron chi connectivity index (χ2n) is 6.21. The van der Waals surface area contributed by atoms with Gasteiger partial charge in [0.25, 0.3) is 0 Å². The van der Waals surface area contributed by atoms with Gasteiger partial charge in [-0.25, -0.2) is 19.7 Å². The molecule has 1 saturated heterocycles. The van der Waals surface area contributed by atoms with Gasteiger partial charge in [-0.05, 0) is 36.8 Å². The minimum Gasteiger partial charge on any atom is -0.396 e. The van der Waals surface area contributed by atoms with Crippen molar-refractivity contribution >= 4 is 28.9 Å². The Labute approximate surface area is 159 Å². The summed E-state index contributed by atoms with van der Waals surface area (Å²) < 4.78 is 13.3. The quantitative estimate of drug-likeness (QED) is 0.722. The summed E-state index contributed by atoms with van der Waals surface area (Å²) in [5.74, 6) is 1.13. The number of nitrogens with two attached hydrogens (primary N) is 1. The number of hydrogen-bond acceptors (Lipinski definition) is 6. The Morgan fingerprint density at radius 2 is 2.07 bits per heavy atom. The smallest absolute Gasteiger partial charge is 0.323 e.